The zero-order chi connectivity index (χ0) is 15.2. The number of alkyl halides is 3. The van der Waals surface area contributed by atoms with Gasteiger partial charge in [0.05, 0.1) is 18.8 Å². The van der Waals surface area contributed by atoms with E-state index >= 15 is 0 Å². The summed E-state index contributed by atoms with van der Waals surface area (Å²) >= 11 is 0. The first kappa shape index (κ1) is 16.2. The van der Waals surface area contributed by atoms with Crippen LogP contribution in [0.15, 0.2) is 12.1 Å². The number of ether oxygens (including phenoxy) is 1. The van der Waals surface area contributed by atoms with Gasteiger partial charge < -0.3 is 14.7 Å². The summed E-state index contributed by atoms with van der Waals surface area (Å²) in [7, 11) is 1.45. The Morgan fingerprint density at radius 3 is 2.60 bits per heavy atom. The number of hydrogen-bond acceptors (Lipinski definition) is 5. The van der Waals surface area contributed by atoms with Crippen molar-refractivity contribution in [1.82, 2.24) is 4.98 Å². The molecule has 8 heteroatoms. The molecule has 0 aliphatic heterocycles. The molecule has 0 radical (unpaired) electrons. The van der Waals surface area contributed by atoms with E-state index in [9.17, 15) is 13.2 Å². The van der Waals surface area contributed by atoms with E-state index in [1.54, 1.807) is 6.07 Å². The number of hydrogen-bond donors (Lipinski definition) is 1. The molecule has 110 valence electrons. The largest absolute Gasteiger partial charge is 0.433 e. The lowest BCUT2D eigenvalue weighted by Gasteiger charge is -2.24. The number of methoxy groups -OCH3 is 1. The van der Waals surface area contributed by atoms with Crippen LogP contribution in [0.2, 0.25) is 0 Å². The van der Waals surface area contributed by atoms with E-state index in [0.717, 1.165) is 12.1 Å². The SMILES string of the molecule is COCCN(CCO)c1nc(C(F)(F)F)ccc1C#N. The number of halogens is 3. The molecule has 1 aromatic heterocycles. The van der Waals surface area contributed by atoms with Crippen LogP contribution in [0.4, 0.5) is 19.0 Å². The molecule has 0 unspecified atom stereocenters. The van der Waals surface area contributed by atoms with Gasteiger partial charge in [0.1, 0.15) is 17.6 Å². The van der Waals surface area contributed by atoms with E-state index in [-0.39, 0.29) is 37.7 Å². The van der Waals surface area contributed by atoms with Crippen molar-refractivity contribution in [2.75, 3.05) is 38.3 Å². The molecule has 0 aromatic carbocycles. The third-order valence-electron chi connectivity index (χ3n) is 2.52. The number of rotatable bonds is 6. The van der Waals surface area contributed by atoms with Crippen LogP contribution < -0.4 is 4.90 Å². The number of nitrogens with zero attached hydrogens (tertiary/aromatic N) is 3. The standard InChI is InChI=1S/C12H14F3N3O2/c1-20-7-5-18(4-6-19)11-9(8-16)2-3-10(17-11)12(13,14)15/h2-3,19H,4-7H2,1H3. The first-order chi connectivity index (χ1) is 9.43. The summed E-state index contributed by atoms with van der Waals surface area (Å²) in [6.45, 7) is 0.252. The lowest BCUT2D eigenvalue weighted by molar-refractivity contribution is -0.141. The van der Waals surface area contributed by atoms with E-state index in [2.05, 4.69) is 4.98 Å². The van der Waals surface area contributed by atoms with Gasteiger partial charge in [0.25, 0.3) is 0 Å². The lowest BCUT2D eigenvalue weighted by Crippen LogP contribution is -2.32. The van der Waals surface area contributed by atoms with Crippen molar-refractivity contribution in [3.05, 3.63) is 23.4 Å². The fourth-order valence-electron chi connectivity index (χ4n) is 1.58. The molecule has 0 amide bonds. The maximum atomic E-state index is 12.7. The van der Waals surface area contributed by atoms with E-state index in [1.165, 1.54) is 12.0 Å². The normalized spacial score (nSPS) is 11.2. The van der Waals surface area contributed by atoms with Gasteiger partial charge in [-0.2, -0.15) is 18.4 Å². The summed E-state index contributed by atoms with van der Waals surface area (Å²) in [4.78, 5) is 4.88. The second-order valence-electron chi connectivity index (χ2n) is 3.88. The second kappa shape index (κ2) is 7.07. The van der Waals surface area contributed by atoms with Gasteiger partial charge >= 0.3 is 6.18 Å². The highest BCUT2D eigenvalue weighted by Gasteiger charge is 2.33. The highest BCUT2D eigenvalue weighted by molar-refractivity contribution is 5.54. The Bertz CT molecular complexity index is 486. The van der Waals surface area contributed by atoms with Crippen molar-refractivity contribution in [1.29, 1.82) is 5.26 Å². The molecule has 5 nitrogen and oxygen atoms in total. The number of aliphatic hydroxyl groups is 1. The summed E-state index contributed by atoms with van der Waals surface area (Å²) in [6, 6.07) is 3.63. The third-order valence-corrected chi connectivity index (χ3v) is 2.52. The predicted octanol–water partition coefficient (Wildman–Crippen LogP) is 1.42. The lowest BCUT2D eigenvalue weighted by atomic mass is 10.2. The highest BCUT2D eigenvalue weighted by atomic mass is 19.4. The average molecular weight is 289 g/mol. The molecular weight excluding hydrogens is 275 g/mol. The van der Waals surface area contributed by atoms with Gasteiger partial charge in [-0.25, -0.2) is 4.98 Å². The number of pyridine rings is 1. The van der Waals surface area contributed by atoms with Crippen LogP contribution in [-0.4, -0.2) is 43.5 Å². The van der Waals surface area contributed by atoms with Crippen molar-refractivity contribution < 1.29 is 23.0 Å². The van der Waals surface area contributed by atoms with Crippen LogP contribution in [0.25, 0.3) is 0 Å². The summed E-state index contributed by atoms with van der Waals surface area (Å²) in [5, 5.41) is 17.9. The molecule has 1 aromatic rings. The summed E-state index contributed by atoms with van der Waals surface area (Å²) in [5.41, 5.74) is -1.06. The van der Waals surface area contributed by atoms with Crippen LogP contribution in [-0.2, 0) is 10.9 Å². The van der Waals surface area contributed by atoms with Gasteiger partial charge in [0, 0.05) is 20.2 Å². The van der Waals surface area contributed by atoms with Gasteiger partial charge in [-0.1, -0.05) is 0 Å². The van der Waals surface area contributed by atoms with E-state index in [0.29, 0.717) is 0 Å². The third kappa shape index (κ3) is 4.08. The van der Waals surface area contributed by atoms with Crippen molar-refractivity contribution in [2.45, 2.75) is 6.18 Å². The minimum Gasteiger partial charge on any atom is -0.395 e. The molecular formula is C12H14F3N3O2. The maximum absolute atomic E-state index is 12.7. The Balaban J connectivity index is 3.19. The second-order valence-corrected chi connectivity index (χ2v) is 3.88. The van der Waals surface area contributed by atoms with Gasteiger partial charge in [-0.3, -0.25) is 0 Å². The fourth-order valence-corrected chi connectivity index (χ4v) is 1.58. The molecule has 0 spiro atoms. The van der Waals surface area contributed by atoms with E-state index in [4.69, 9.17) is 15.1 Å². The van der Waals surface area contributed by atoms with Gasteiger partial charge in [0.2, 0.25) is 0 Å². The zero-order valence-electron chi connectivity index (χ0n) is 10.8. The maximum Gasteiger partial charge on any atom is 0.433 e. The molecule has 1 N–H and O–H groups in total. The van der Waals surface area contributed by atoms with Crippen LogP contribution in [0.3, 0.4) is 0 Å². The smallest absolute Gasteiger partial charge is 0.395 e. The van der Waals surface area contributed by atoms with Gasteiger partial charge in [0.15, 0.2) is 0 Å². The zero-order valence-corrected chi connectivity index (χ0v) is 10.8. The molecule has 1 heterocycles. The van der Waals surface area contributed by atoms with Crippen molar-refractivity contribution >= 4 is 5.82 Å². The molecule has 0 fully saturated rings. The minimum atomic E-state index is -4.59. The number of aliphatic hydroxyl groups excluding tert-OH is 1. The molecule has 0 saturated carbocycles. The first-order valence-electron chi connectivity index (χ1n) is 5.77. The summed E-state index contributed by atoms with van der Waals surface area (Å²) < 4.78 is 42.9. The Labute approximate surface area is 114 Å². The van der Waals surface area contributed by atoms with Crippen LogP contribution >= 0.6 is 0 Å². The van der Waals surface area contributed by atoms with Crippen LogP contribution in [0.5, 0.6) is 0 Å². The summed E-state index contributed by atoms with van der Waals surface area (Å²) in [5.74, 6) is -0.103. The Hall–Kier alpha value is -1.85. The highest BCUT2D eigenvalue weighted by Crippen LogP contribution is 2.30. The van der Waals surface area contributed by atoms with E-state index in [1.807, 2.05) is 0 Å². The monoisotopic (exact) mass is 289 g/mol. The topological polar surface area (TPSA) is 69.4 Å². The van der Waals surface area contributed by atoms with Gasteiger partial charge in [-0.05, 0) is 12.1 Å². The number of aromatic nitrogens is 1. The Kier molecular flexibility index (Phi) is 5.73. The van der Waals surface area contributed by atoms with Crippen LogP contribution in [0, 0.1) is 11.3 Å². The minimum absolute atomic E-state index is 0.0163. The number of anilines is 1. The molecule has 1 rings (SSSR count). The molecule has 0 atom stereocenters. The molecule has 0 bridgehead atoms. The first-order valence-corrected chi connectivity index (χ1v) is 5.77. The average Bonchev–Trinajstić information content (AvgIpc) is 2.41. The fraction of sp³-hybridized carbons (Fsp3) is 0.500. The molecule has 0 aliphatic carbocycles. The number of nitriles is 1. The van der Waals surface area contributed by atoms with Crippen molar-refractivity contribution in [2.24, 2.45) is 0 Å². The molecule has 0 aliphatic rings. The van der Waals surface area contributed by atoms with E-state index < -0.39 is 11.9 Å². The van der Waals surface area contributed by atoms with Crippen molar-refractivity contribution in [3.63, 3.8) is 0 Å². The predicted molar refractivity (Wildman–Crippen MR) is 65.1 cm³/mol. The quantitative estimate of drug-likeness (QED) is 0.857. The van der Waals surface area contributed by atoms with Crippen LogP contribution in [0.1, 0.15) is 11.3 Å². The Morgan fingerprint density at radius 2 is 2.10 bits per heavy atom. The molecule has 20 heavy (non-hydrogen) atoms. The molecule has 0 saturated heterocycles. The summed E-state index contributed by atoms with van der Waals surface area (Å²) in [6.07, 6.45) is -4.59. The van der Waals surface area contributed by atoms with Gasteiger partial charge in [-0.15, -0.1) is 0 Å². The van der Waals surface area contributed by atoms with Crippen molar-refractivity contribution in [3.8, 4) is 6.07 Å². The Morgan fingerprint density at radius 1 is 1.40 bits per heavy atom.